The molecule has 0 N–H and O–H groups in total. The number of hydrogen-bond donors (Lipinski definition) is 0. The summed E-state index contributed by atoms with van der Waals surface area (Å²) in [4.78, 5) is 48.7. The van der Waals surface area contributed by atoms with Gasteiger partial charge in [0.15, 0.2) is 24.4 Å². The largest absolute Gasteiger partial charge is 0.454 e. The maximum Gasteiger partial charge on any atom is 0.303 e. The zero-order valence-corrected chi connectivity index (χ0v) is 20.2. The van der Waals surface area contributed by atoms with Gasteiger partial charge in [-0.3, -0.25) is 19.2 Å². The molecule has 0 unspecified atom stereocenters. The standard InChI is InChI=1S/C28H24O8/c1-13(29)33-25-21-12-19-9-8-17-6-5-7-18-10-11-20(23(19)22(17)18)24(21)26(34-14(2)30)28(36-16(4)32)27(25)35-15(3)31/h5-12,25-28H,1-4H3/t25-,26-,27+,28-/m1/s1. The number of fused-ring (bicyclic) bond motifs is 2. The maximum atomic E-state index is 12.3. The van der Waals surface area contributed by atoms with E-state index in [9.17, 15) is 19.2 Å². The van der Waals surface area contributed by atoms with Crippen LogP contribution in [0.4, 0.5) is 0 Å². The normalized spacial score (nSPS) is 21.2. The lowest BCUT2D eigenvalue weighted by molar-refractivity contribution is -0.204. The van der Waals surface area contributed by atoms with Crippen molar-refractivity contribution in [3.63, 3.8) is 0 Å². The fourth-order valence-electron chi connectivity index (χ4n) is 5.35. The van der Waals surface area contributed by atoms with E-state index in [1.807, 2.05) is 48.5 Å². The van der Waals surface area contributed by atoms with Crippen molar-refractivity contribution in [3.05, 3.63) is 59.7 Å². The fourth-order valence-corrected chi connectivity index (χ4v) is 5.35. The van der Waals surface area contributed by atoms with E-state index in [1.54, 1.807) is 0 Å². The quantitative estimate of drug-likeness (QED) is 0.232. The van der Waals surface area contributed by atoms with Gasteiger partial charge in [0, 0.05) is 38.8 Å². The minimum Gasteiger partial charge on any atom is -0.454 e. The number of carbonyl (C=O) groups excluding carboxylic acids is 4. The predicted octanol–water partition coefficient (Wildman–Crippen LogP) is 4.67. The van der Waals surface area contributed by atoms with Crippen molar-refractivity contribution in [2.45, 2.75) is 52.1 Å². The molecule has 5 rings (SSSR count). The summed E-state index contributed by atoms with van der Waals surface area (Å²) in [6.45, 7) is 4.90. The van der Waals surface area contributed by atoms with Gasteiger partial charge in [0.2, 0.25) is 0 Å². The van der Waals surface area contributed by atoms with Crippen molar-refractivity contribution >= 4 is 56.2 Å². The van der Waals surface area contributed by atoms with Crippen LogP contribution in [0.3, 0.4) is 0 Å². The van der Waals surface area contributed by atoms with Gasteiger partial charge in [-0.05, 0) is 38.4 Å². The summed E-state index contributed by atoms with van der Waals surface area (Å²) in [5, 5.41) is 5.68. The Labute approximate surface area is 206 Å². The summed E-state index contributed by atoms with van der Waals surface area (Å²) in [5.41, 5.74) is 1.05. The lowest BCUT2D eigenvalue weighted by Gasteiger charge is -2.42. The average molecular weight is 488 g/mol. The topological polar surface area (TPSA) is 105 Å². The second-order valence-electron chi connectivity index (χ2n) is 8.94. The van der Waals surface area contributed by atoms with Gasteiger partial charge in [0.05, 0.1) is 0 Å². The SMILES string of the molecule is CC(=O)O[C@@H]1[C@H](OC(C)=O)[C@H](OC(C)=O)c2c(cc3ccc4cccc5ccc2c3c45)[C@H]1OC(C)=O. The summed E-state index contributed by atoms with van der Waals surface area (Å²) in [6.07, 6.45) is -4.69. The number of hydrogen-bond acceptors (Lipinski definition) is 8. The van der Waals surface area contributed by atoms with Gasteiger partial charge < -0.3 is 18.9 Å². The molecule has 8 nitrogen and oxygen atoms in total. The second kappa shape index (κ2) is 8.78. The van der Waals surface area contributed by atoms with Crippen LogP contribution in [0.25, 0.3) is 32.3 Å². The number of rotatable bonds is 4. The highest BCUT2D eigenvalue weighted by Crippen LogP contribution is 2.49. The Kier molecular flexibility index (Phi) is 5.74. The van der Waals surface area contributed by atoms with Crippen molar-refractivity contribution in [1.82, 2.24) is 0 Å². The van der Waals surface area contributed by atoms with E-state index in [-0.39, 0.29) is 0 Å². The first-order chi connectivity index (χ1) is 17.2. The second-order valence-corrected chi connectivity index (χ2v) is 8.94. The summed E-state index contributed by atoms with van der Waals surface area (Å²) in [7, 11) is 0. The molecule has 0 aliphatic heterocycles. The highest BCUT2D eigenvalue weighted by molar-refractivity contribution is 6.24. The summed E-state index contributed by atoms with van der Waals surface area (Å²) in [5.74, 6) is -2.56. The smallest absolute Gasteiger partial charge is 0.303 e. The first-order valence-corrected chi connectivity index (χ1v) is 11.5. The maximum absolute atomic E-state index is 12.3. The molecule has 4 aromatic carbocycles. The van der Waals surface area contributed by atoms with Crippen LogP contribution in [0.1, 0.15) is 51.0 Å². The van der Waals surface area contributed by atoms with E-state index in [0.717, 1.165) is 32.3 Å². The molecule has 0 saturated heterocycles. The Morgan fingerprint density at radius 3 is 1.67 bits per heavy atom. The van der Waals surface area contributed by atoms with Crippen LogP contribution in [-0.4, -0.2) is 36.1 Å². The highest BCUT2D eigenvalue weighted by Gasteiger charge is 2.51. The fraction of sp³-hybridized carbons (Fsp3) is 0.286. The number of esters is 4. The highest BCUT2D eigenvalue weighted by atomic mass is 16.6. The molecule has 8 heteroatoms. The van der Waals surface area contributed by atoms with E-state index in [4.69, 9.17) is 18.9 Å². The molecular formula is C28H24O8. The van der Waals surface area contributed by atoms with Gasteiger partial charge in [0.25, 0.3) is 0 Å². The lowest BCUT2D eigenvalue weighted by atomic mass is 9.78. The van der Waals surface area contributed by atoms with Gasteiger partial charge in [-0.2, -0.15) is 0 Å². The van der Waals surface area contributed by atoms with Crippen LogP contribution < -0.4 is 0 Å². The molecule has 0 heterocycles. The van der Waals surface area contributed by atoms with Crippen LogP contribution in [0, 0.1) is 0 Å². The minimum absolute atomic E-state index is 0.511. The van der Waals surface area contributed by atoms with Crippen LogP contribution in [-0.2, 0) is 38.1 Å². The Morgan fingerprint density at radius 1 is 0.583 bits per heavy atom. The summed E-state index contributed by atoms with van der Waals surface area (Å²) >= 11 is 0. The van der Waals surface area contributed by atoms with E-state index >= 15 is 0 Å². The van der Waals surface area contributed by atoms with Crippen LogP contribution in [0.5, 0.6) is 0 Å². The van der Waals surface area contributed by atoms with E-state index in [2.05, 4.69) is 0 Å². The Morgan fingerprint density at radius 2 is 1.08 bits per heavy atom. The molecule has 184 valence electrons. The van der Waals surface area contributed by atoms with Crippen molar-refractivity contribution in [1.29, 1.82) is 0 Å². The summed E-state index contributed by atoms with van der Waals surface area (Å²) < 4.78 is 22.6. The number of carbonyl (C=O) groups is 4. The van der Waals surface area contributed by atoms with Gasteiger partial charge >= 0.3 is 23.9 Å². The third-order valence-electron chi connectivity index (χ3n) is 6.42. The summed E-state index contributed by atoms with van der Waals surface area (Å²) in [6, 6.07) is 15.7. The molecule has 0 fully saturated rings. The molecule has 0 radical (unpaired) electrons. The Balaban J connectivity index is 1.89. The van der Waals surface area contributed by atoms with E-state index in [1.165, 1.54) is 27.7 Å². The minimum atomic E-state index is -1.24. The van der Waals surface area contributed by atoms with E-state index in [0.29, 0.717) is 11.1 Å². The molecule has 0 bridgehead atoms. The third kappa shape index (κ3) is 3.88. The van der Waals surface area contributed by atoms with Gasteiger partial charge in [-0.1, -0.05) is 42.5 Å². The molecule has 0 saturated carbocycles. The monoisotopic (exact) mass is 488 g/mol. The molecule has 4 aromatic rings. The van der Waals surface area contributed by atoms with Gasteiger partial charge in [-0.15, -0.1) is 0 Å². The molecule has 0 spiro atoms. The molecule has 0 aromatic heterocycles. The van der Waals surface area contributed by atoms with Crippen molar-refractivity contribution in [2.24, 2.45) is 0 Å². The molecule has 1 aliphatic rings. The van der Waals surface area contributed by atoms with Gasteiger partial charge in [-0.25, -0.2) is 0 Å². The molecular weight excluding hydrogens is 464 g/mol. The lowest BCUT2D eigenvalue weighted by Crippen LogP contribution is -2.48. The van der Waals surface area contributed by atoms with Crippen LogP contribution >= 0.6 is 0 Å². The van der Waals surface area contributed by atoms with Gasteiger partial charge in [0.1, 0.15) is 0 Å². The van der Waals surface area contributed by atoms with Crippen LogP contribution in [0.15, 0.2) is 48.5 Å². The molecule has 4 atom stereocenters. The Bertz CT molecular complexity index is 1520. The van der Waals surface area contributed by atoms with Crippen LogP contribution in [0.2, 0.25) is 0 Å². The first-order valence-electron chi connectivity index (χ1n) is 11.5. The van der Waals surface area contributed by atoms with Crippen molar-refractivity contribution in [3.8, 4) is 0 Å². The first kappa shape index (κ1) is 23.5. The third-order valence-corrected chi connectivity index (χ3v) is 6.42. The predicted molar refractivity (Wildman–Crippen MR) is 130 cm³/mol. The Hall–Kier alpha value is -4.20. The number of benzene rings is 4. The van der Waals surface area contributed by atoms with Crippen molar-refractivity contribution < 1.29 is 38.1 Å². The zero-order chi connectivity index (χ0) is 25.7. The zero-order valence-electron chi connectivity index (χ0n) is 20.2. The number of ether oxygens (including phenoxy) is 4. The molecule has 0 amide bonds. The average Bonchev–Trinajstić information content (AvgIpc) is 2.80. The molecule has 1 aliphatic carbocycles. The molecule has 36 heavy (non-hydrogen) atoms. The van der Waals surface area contributed by atoms with Crippen molar-refractivity contribution in [2.75, 3.05) is 0 Å². The van der Waals surface area contributed by atoms with E-state index < -0.39 is 48.3 Å².